The summed E-state index contributed by atoms with van der Waals surface area (Å²) in [7, 11) is 1.53. The van der Waals surface area contributed by atoms with Crippen LogP contribution in [0.15, 0.2) is 42.6 Å². The molecule has 1 N–H and O–H groups in total. The standard InChI is InChI=1S/C24H22FN5O3/c1-4-5-17-10-11-20-22(26-17)29(3)24(32)19(14-33-20)27-23(31)21-18(25)13-30(28-21)12-16-8-6-15(2)7-9-16/h6-11,13,19H,12,14H2,1-3H3,(H,27,31)/t19-/m0/s1. The number of carbonyl (C=O) groups is 2. The summed E-state index contributed by atoms with van der Waals surface area (Å²) in [6.07, 6.45) is 1.16. The highest BCUT2D eigenvalue weighted by Crippen LogP contribution is 2.28. The first kappa shape index (κ1) is 22.0. The molecule has 33 heavy (non-hydrogen) atoms. The molecule has 0 bridgehead atoms. The zero-order valence-electron chi connectivity index (χ0n) is 18.4. The Labute approximate surface area is 190 Å². The van der Waals surface area contributed by atoms with Gasteiger partial charge in [-0.1, -0.05) is 35.7 Å². The highest BCUT2D eigenvalue weighted by atomic mass is 19.1. The predicted molar refractivity (Wildman–Crippen MR) is 119 cm³/mol. The number of nitrogens with zero attached hydrogens (tertiary/aromatic N) is 4. The number of hydrogen-bond acceptors (Lipinski definition) is 5. The van der Waals surface area contributed by atoms with Crippen molar-refractivity contribution in [3.8, 4) is 17.6 Å². The number of aromatic nitrogens is 3. The molecule has 0 aliphatic carbocycles. The van der Waals surface area contributed by atoms with Crippen molar-refractivity contribution in [2.45, 2.75) is 26.4 Å². The first-order chi connectivity index (χ1) is 15.9. The number of halogens is 1. The summed E-state index contributed by atoms with van der Waals surface area (Å²) in [5, 5.41) is 6.60. The summed E-state index contributed by atoms with van der Waals surface area (Å²) in [6.45, 7) is 3.84. The summed E-state index contributed by atoms with van der Waals surface area (Å²) < 4.78 is 21.5. The molecule has 1 atom stereocenters. The van der Waals surface area contributed by atoms with Crippen LogP contribution in [0.3, 0.4) is 0 Å². The third-order valence-electron chi connectivity index (χ3n) is 5.15. The molecule has 1 aliphatic heterocycles. The fourth-order valence-electron chi connectivity index (χ4n) is 3.41. The molecule has 0 saturated carbocycles. The van der Waals surface area contributed by atoms with Gasteiger partial charge in [0.15, 0.2) is 23.1 Å². The summed E-state index contributed by atoms with van der Waals surface area (Å²) in [5.41, 5.74) is 2.13. The number of ether oxygens (including phenoxy) is 1. The minimum absolute atomic E-state index is 0.131. The van der Waals surface area contributed by atoms with Crippen LogP contribution in [-0.2, 0) is 11.3 Å². The first-order valence-electron chi connectivity index (χ1n) is 10.3. The van der Waals surface area contributed by atoms with Crippen LogP contribution in [0.4, 0.5) is 10.2 Å². The molecule has 1 aliphatic rings. The zero-order chi connectivity index (χ0) is 23.5. The van der Waals surface area contributed by atoms with Gasteiger partial charge in [-0.3, -0.25) is 19.2 Å². The lowest BCUT2D eigenvalue weighted by atomic mass is 10.1. The van der Waals surface area contributed by atoms with Gasteiger partial charge in [-0.2, -0.15) is 5.10 Å². The number of pyridine rings is 1. The normalized spacial score (nSPS) is 15.1. The van der Waals surface area contributed by atoms with E-state index in [2.05, 4.69) is 27.2 Å². The fourth-order valence-corrected chi connectivity index (χ4v) is 3.41. The Hall–Kier alpha value is -4.19. The monoisotopic (exact) mass is 447 g/mol. The quantitative estimate of drug-likeness (QED) is 0.620. The van der Waals surface area contributed by atoms with Crippen LogP contribution in [0.2, 0.25) is 0 Å². The second-order valence-electron chi connectivity index (χ2n) is 7.64. The third-order valence-corrected chi connectivity index (χ3v) is 5.15. The minimum atomic E-state index is -1.04. The van der Waals surface area contributed by atoms with E-state index < -0.39 is 29.4 Å². The van der Waals surface area contributed by atoms with Crippen molar-refractivity contribution in [1.82, 2.24) is 20.1 Å². The van der Waals surface area contributed by atoms with Gasteiger partial charge < -0.3 is 10.1 Å². The number of likely N-dealkylation sites (N-methyl/N-ethyl adjacent to an activating group) is 1. The molecular formula is C24H22FN5O3. The number of carbonyl (C=O) groups excluding carboxylic acids is 2. The Kier molecular flexibility index (Phi) is 6.09. The van der Waals surface area contributed by atoms with Crippen LogP contribution >= 0.6 is 0 Å². The highest BCUT2D eigenvalue weighted by Gasteiger charge is 2.33. The number of benzene rings is 1. The SMILES string of the molecule is CC#Cc1ccc2c(n1)N(C)C(=O)[C@@H](NC(=O)c1nn(Cc3ccc(C)cc3)cc1F)CO2. The molecule has 0 spiro atoms. The van der Waals surface area contributed by atoms with Gasteiger partial charge in [-0.05, 0) is 37.5 Å². The number of nitrogens with one attached hydrogen (secondary N) is 1. The molecule has 2 amide bonds. The number of hydrogen-bond donors (Lipinski definition) is 1. The van der Waals surface area contributed by atoms with Crippen LogP contribution in [0, 0.1) is 24.6 Å². The molecule has 0 fully saturated rings. The van der Waals surface area contributed by atoms with Gasteiger partial charge in [0, 0.05) is 7.05 Å². The minimum Gasteiger partial charge on any atom is -0.487 e. The van der Waals surface area contributed by atoms with Crippen LogP contribution in [0.1, 0.15) is 34.2 Å². The van der Waals surface area contributed by atoms with E-state index >= 15 is 0 Å². The van der Waals surface area contributed by atoms with E-state index in [1.807, 2.05) is 31.2 Å². The Morgan fingerprint density at radius 1 is 1.27 bits per heavy atom. The maximum Gasteiger partial charge on any atom is 0.275 e. The van der Waals surface area contributed by atoms with Crippen molar-refractivity contribution in [1.29, 1.82) is 0 Å². The van der Waals surface area contributed by atoms with E-state index in [-0.39, 0.29) is 6.61 Å². The zero-order valence-corrected chi connectivity index (χ0v) is 18.4. The molecule has 3 heterocycles. The van der Waals surface area contributed by atoms with Crippen molar-refractivity contribution in [3.63, 3.8) is 0 Å². The molecule has 4 rings (SSSR count). The number of amides is 2. The van der Waals surface area contributed by atoms with Gasteiger partial charge in [0.2, 0.25) is 0 Å². The lowest BCUT2D eigenvalue weighted by Crippen LogP contribution is -2.49. The average molecular weight is 447 g/mol. The second kappa shape index (κ2) is 9.12. The summed E-state index contributed by atoms with van der Waals surface area (Å²) >= 11 is 0. The van der Waals surface area contributed by atoms with Crippen molar-refractivity contribution in [2.75, 3.05) is 18.6 Å². The largest absolute Gasteiger partial charge is 0.487 e. The number of anilines is 1. The molecule has 9 heteroatoms. The Morgan fingerprint density at radius 2 is 2.03 bits per heavy atom. The van der Waals surface area contributed by atoms with E-state index in [0.717, 1.165) is 17.3 Å². The summed E-state index contributed by atoms with van der Waals surface area (Å²) in [5.74, 6) is 4.24. The Morgan fingerprint density at radius 3 is 2.76 bits per heavy atom. The van der Waals surface area contributed by atoms with Crippen molar-refractivity contribution >= 4 is 17.6 Å². The van der Waals surface area contributed by atoms with Gasteiger partial charge in [0.25, 0.3) is 11.8 Å². The Bertz CT molecular complexity index is 1270. The summed E-state index contributed by atoms with van der Waals surface area (Å²) in [6, 6.07) is 10.0. The van der Waals surface area contributed by atoms with Crippen LogP contribution in [-0.4, -0.2) is 46.3 Å². The van der Waals surface area contributed by atoms with Crippen LogP contribution < -0.4 is 15.0 Å². The van der Waals surface area contributed by atoms with Crippen molar-refractivity contribution in [2.24, 2.45) is 0 Å². The molecule has 0 saturated heterocycles. The lowest BCUT2D eigenvalue weighted by molar-refractivity contribution is -0.120. The third kappa shape index (κ3) is 4.70. The van der Waals surface area contributed by atoms with E-state index in [9.17, 15) is 14.0 Å². The van der Waals surface area contributed by atoms with Gasteiger partial charge in [-0.15, -0.1) is 0 Å². The molecule has 2 aromatic heterocycles. The fraction of sp³-hybridized carbons (Fsp3) is 0.250. The molecule has 168 valence electrons. The van der Waals surface area contributed by atoms with Crippen LogP contribution in [0.5, 0.6) is 5.75 Å². The van der Waals surface area contributed by atoms with Gasteiger partial charge in [-0.25, -0.2) is 9.37 Å². The molecule has 1 aromatic carbocycles. The van der Waals surface area contributed by atoms with E-state index in [1.54, 1.807) is 19.1 Å². The summed E-state index contributed by atoms with van der Waals surface area (Å²) in [4.78, 5) is 31.3. The first-order valence-corrected chi connectivity index (χ1v) is 10.3. The number of rotatable bonds is 4. The van der Waals surface area contributed by atoms with Crippen LogP contribution in [0.25, 0.3) is 0 Å². The van der Waals surface area contributed by atoms with Crippen molar-refractivity contribution < 1.29 is 18.7 Å². The molecular weight excluding hydrogens is 425 g/mol. The average Bonchev–Trinajstić information content (AvgIpc) is 3.12. The van der Waals surface area contributed by atoms with E-state index in [1.165, 1.54) is 16.6 Å². The smallest absolute Gasteiger partial charge is 0.275 e. The number of aryl methyl sites for hydroxylation is 1. The van der Waals surface area contributed by atoms with Gasteiger partial charge in [0.05, 0.1) is 12.7 Å². The maximum absolute atomic E-state index is 14.5. The second-order valence-corrected chi connectivity index (χ2v) is 7.64. The van der Waals surface area contributed by atoms with E-state index in [4.69, 9.17) is 4.74 Å². The predicted octanol–water partition coefficient (Wildman–Crippen LogP) is 2.30. The van der Waals surface area contributed by atoms with E-state index in [0.29, 0.717) is 23.8 Å². The lowest BCUT2D eigenvalue weighted by Gasteiger charge is -2.19. The molecule has 3 aromatic rings. The van der Waals surface area contributed by atoms with Gasteiger partial charge >= 0.3 is 0 Å². The number of fused-ring (bicyclic) bond motifs is 1. The van der Waals surface area contributed by atoms with Crippen molar-refractivity contribution in [3.05, 3.63) is 70.9 Å². The molecule has 0 unspecified atom stereocenters. The highest BCUT2D eigenvalue weighted by molar-refractivity contribution is 6.02. The molecule has 8 nitrogen and oxygen atoms in total. The Balaban J connectivity index is 1.49. The maximum atomic E-state index is 14.5. The van der Waals surface area contributed by atoms with Gasteiger partial charge in [0.1, 0.15) is 18.3 Å². The molecule has 0 radical (unpaired) electrons. The topological polar surface area (TPSA) is 89.4 Å².